The highest BCUT2D eigenvalue weighted by Gasteiger charge is 2.64. The van der Waals surface area contributed by atoms with Gasteiger partial charge in [0, 0.05) is 85.1 Å². The quantitative estimate of drug-likeness (QED) is 0.152. The molecule has 2 aromatic heterocycles. The Kier molecular flexibility index (Phi) is 10.6. The second kappa shape index (κ2) is 16.0. The monoisotopic (exact) mass is 841 g/mol. The second-order valence-electron chi connectivity index (χ2n) is 18.4. The van der Waals surface area contributed by atoms with Crippen LogP contribution in [0.3, 0.4) is 0 Å². The van der Waals surface area contributed by atoms with E-state index in [4.69, 9.17) is 21.4 Å². The Labute approximate surface area is 361 Å². The molecule has 3 saturated heterocycles. The first-order valence-electron chi connectivity index (χ1n) is 21.4. The maximum absolute atomic E-state index is 13.7. The Balaban J connectivity index is 0.765. The molecule has 3 aromatic carbocycles. The number of rotatable bonds is 9. The van der Waals surface area contributed by atoms with Crippen molar-refractivity contribution in [1.29, 1.82) is 5.26 Å². The standard InChI is InChI=1S/C47H52ClN9O4/c1-46(2)43(47(3,4)44(46)61-39-13-11-31(26-49)41-33(39)7-6-19-50-41)53-42(59)30-10-12-38(35(48)25-30)55-22-14-29(15-23-55)28-54-20-16-32(17-21-54)57-37-9-5-8-36(34(37)27-51-57)56-24-18-40(58)52-45(56)60/h5-13,19,25,27,29,32,43-44H,14-18,20-24,28H2,1-4H3,(H,53,59)(H,52,58,60). The van der Waals surface area contributed by atoms with Crippen LogP contribution in [0.4, 0.5) is 16.2 Å². The van der Waals surface area contributed by atoms with Crippen LogP contribution in [-0.2, 0) is 4.79 Å². The van der Waals surface area contributed by atoms with E-state index in [0.717, 1.165) is 86.1 Å². The van der Waals surface area contributed by atoms with E-state index >= 15 is 0 Å². The Hall–Kier alpha value is -5.71. The van der Waals surface area contributed by atoms with Gasteiger partial charge in [-0.15, -0.1) is 0 Å². The molecule has 9 rings (SSSR count). The van der Waals surface area contributed by atoms with Crippen molar-refractivity contribution in [2.45, 2.75) is 78.0 Å². The maximum atomic E-state index is 13.7. The maximum Gasteiger partial charge on any atom is 0.328 e. The molecule has 4 amide bonds. The van der Waals surface area contributed by atoms with Gasteiger partial charge in [-0.2, -0.15) is 10.4 Å². The van der Waals surface area contributed by atoms with Crippen LogP contribution in [0.1, 0.15) is 81.8 Å². The highest BCUT2D eigenvalue weighted by molar-refractivity contribution is 6.33. The van der Waals surface area contributed by atoms with Crippen molar-refractivity contribution in [2.24, 2.45) is 16.7 Å². The van der Waals surface area contributed by atoms with Crippen LogP contribution in [-0.4, -0.2) is 88.9 Å². The van der Waals surface area contributed by atoms with Crippen LogP contribution >= 0.6 is 11.6 Å². The van der Waals surface area contributed by atoms with Gasteiger partial charge >= 0.3 is 6.03 Å². The van der Waals surface area contributed by atoms with Crippen molar-refractivity contribution in [3.05, 3.63) is 89.2 Å². The number of hydrogen-bond acceptors (Lipinski definition) is 9. The SMILES string of the molecule is CC1(C)C(NC(=O)c2ccc(N3CCC(CN4CCC(n5ncc6c(N7CCC(=O)NC7=O)cccc65)CC4)CC3)c(Cl)c2)C(C)(C)C1Oc1ccc(C#N)c2ncccc12. The number of anilines is 2. The molecule has 0 bridgehead atoms. The van der Waals surface area contributed by atoms with E-state index in [1.165, 1.54) is 0 Å². The number of nitrogens with zero attached hydrogens (tertiary/aromatic N) is 7. The lowest BCUT2D eigenvalue weighted by Crippen LogP contribution is -2.74. The van der Waals surface area contributed by atoms with Gasteiger partial charge in [0.2, 0.25) is 5.91 Å². The molecule has 2 N–H and O–H groups in total. The van der Waals surface area contributed by atoms with E-state index in [2.05, 4.69) is 69.9 Å². The number of nitrogens with one attached hydrogen (secondary N) is 2. The van der Waals surface area contributed by atoms with Crippen molar-refractivity contribution in [3.8, 4) is 11.8 Å². The number of fused-ring (bicyclic) bond motifs is 2. The van der Waals surface area contributed by atoms with Crippen LogP contribution in [0.25, 0.3) is 21.8 Å². The third-order valence-electron chi connectivity index (χ3n) is 13.8. The van der Waals surface area contributed by atoms with E-state index in [0.29, 0.717) is 39.9 Å². The number of carbonyl (C=O) groups excluding carboxylic acids is 3. The molecular weight excluding hydrogens is 790 g/mol. The fourth-order valence-electron chi connectivity index (χ4n) is 10.8. The average Bonchev–Trinajstić information content (AvgIpc) is 3.70. The summed E-state index contributed by atoms with van der Waals surface area (Å²) >= 11 is 6.92. The third kappa shape index (κ3) is 7.44. The largest absolute Gasteiger partial charge is 0.488 e. The number of hydrogen-bond donors (Lipinski definition) is 2. The summed E-state index contributed by atoms with van der Waals surface area (Å²) in [5.41, 5.74) is 3.64. The molecule has 13 nitrogen and oxygen atoms in total. The van der Waals surface area contributed by atoms with Crippen LogP contribution in [0.15, 0.2) is 73.1 Å². The molecule has 0 spiro atoms. The number of benzene rings is 3. The summed E-state index contributed by atoms with van der Waals surface area (Å²) in [5, 5.41) is 22.4. The summed E-state index contributed by atoms with van der Waals surface area (Å²) in [4.78, 5) is 49.0. The molecule has 3 aliphatic heterocycles. The van der Waals surface area contributed by atoms with Gasteiger partial charge in [0.05, 0.1) is 45.2 Å². The fourth-order valence-corrected chi connectivity index (χ4v) is 11.1. The Morgan fingerprint density at radius 3 is 2.43 bits per heavy atom. The molecular formula is C47H52ClN9O4. The van der Waals surface area contributed by atoms with Crippen molar-refractivity contribution >= 4 is 62.6 Å². The zero-order chi connectivity index (χ0) is 42.6. The third-order valence-corrected chi connectivity index (χ3v) is 14.1. The molecule has 4 aliphatic rings. The molecule has 0 unspecified atom stereocenters. The van der Waals surface area contributed by atoms with E-state index in [9.17, 15) is 19.6 Å². The molecule has 5 heterocycles. The predicted molar refractivity (Wildman–Crippen MR) is 236 cm³/mol. The van der Waals surface area contributed by atoms with Gasteiger partial charge in [0.15, 0.2) is 0 Å². The van der Waals surface area contributed by atoms with E-state index in [1.54, 1.807) is 23.2 Å². The zero-order valence-electron chi connectivity index (χ0n) is 35.2. The lowest BCUT2D eigenvalue weighted by molar-refractivity contribution is -0.163. The van der Waals surface area contributed by atoms with Gasteiger partial charge in [0.1, 0.15) is 17.9 Å². The zero-order valence-corrected chi connectivity index (χ0v) is 35.9. The molecule has 1 saturated carbocycles. The molecule has 316 valence electrons. The van der Waals surface area contributed by atoms with Crippen molar-refractivity contribution in [2.75, 3.05) is 49.1 Å². The van der Waals surface area contributed by atoms with Crippen molar-refractivity contribution in [3.63, 3.8) is 0 Å². The van der Waals surface area contributed by atoms with Crippen LogP contribution in [0.2, 0.25) is 5.02 Å². The molecule has 0 atom stereocenters. The average molecular weight is 842 g/mol. The number of carbonyl (C=O) groups is 3. The number of imide groups is 1. The molecule has 61 heavy (non-hydrogen) atoms. The first-order chi connectivity index (χ1) is 29.3. The van der Waals surface area contributed by atoms with E-state index in [1.807, 2.05) is 48.7 Å². The summed E-state index contributed by atoms with van der Waals surface area (Å²) in [6.45, 7) is 13.7. The van der Waals surface area contributed by atoms with E-state index in [-0.39, 0.29) is 53.3 Å². The number of pyridine rings is 1. The predicted octanol–water partition coefficient (Wildman–Crippen LogP) is 7.72. The first-order valence-corrected chi connectivity index (χ1v) is 21.8. The molecule has 1 aliphatic carbocycles. The first kappa shape index (κ1) is 40.7. The van der Waals surface area contributed by atoms with Crippen LogP contribution in [0, 0.1) is 28.1 Å². The number of halogens is 1. The number of amides is 4. The summed E-state index contributed by atoms with van der Waals surface area (Å²) < 4.78 is 8.79. The smallest absolute Gasteiger partial charge is 0.328 e. The summed E-state index contributed by atoms with van der Waals surface area (Å²) in [6.07, 6.45) is 7.78. The summed E-state index contributed by atoms with van der Waals surface area (Å²) in [5.74, 6) is 0.870. The van der Waals surface area contributed by atoms with Gasteiger partial charge in [-0.3, -0.25) is 29.5 Å². The van der Waals surface area contributed by atoms with Gasteiger partial charge in [-0.1, -0.05) is 45.4 Å². The lowest BCUT2D eigenvalue weighted by atomic mass is 9.49. The van der Waals surface area contributed by atoms with E-state index < -0.39 is 0 Å². The number of likely N-dealkylation sites (tertiary alicyclic amines) is 1. The Morgan fingerprint density at radius 2 is 1.70 bits per heavy atom. The number of nitriles is 1. The van der Waals surface area contributed by atoms with Gasteiger partial charge < -0.3 is 19.9 Å². The molecule has 0 radical (unpaired) electrons. The minimum Gasteiger partial charge on any atom is -0.488 e. The minimum atomic E-state index is -0.385. The number of aromatic nitrogens is 3. The van der Waals surface area contributed by atoms with Gasteiger partial charge in [-0.25, -0.2) is 4.79 Å². The van der Waals surface area contributed by atoms with Gasteiger partial charge in [-0.05, 0) is 86.2 Å². The highest BCUT2D eigenvalue weighted by Crippen LogP contribution is 2.56. The normalized spacial score (nSPS) is 22.2. The summed E-state index contributed by atoms with van der Waals surface area (Å²) in [7, 11) is 0. The van der Waals surface area contributed by atoms with Crippen LogP contribution < -0.4 is 25.2 Å². The second-order valence-corrected chi connectivity index (χ2v) is 18.8. The molecule has 14 heteroatoms. The van der Waals surface area contributed by atoms with Crippen molar-refractivity contribution < 1.29 is 19.1 Å². The number of urea groups is 1. The highest BCUT2D eigenvalue weighted by atomic mass is 35.5. The molecule has 5 aromatic rings. The Bertz CT molecular complexity index is 2550. The Morgan fingerprint density at radius 1 is 0.934 bits per heavy atom. The topological polar surface area (TPSA) is 149 Å². The molecule has 4 fully saturated rings. The minimum absolute atomic E-state index is 0.160. The fraction of sp³-hybridized carbons (Fsp3) is 0.447. The van der Waals surface area contributed by atoms with Gasteiger partial charge in [0.25, 0.3) is 5.91 Å². The van der Waals surface area contributed by atoms with Crippen LogP contribution in [0.5, 0.6) is 5.75 Å². The summed E-state index contributed by atoms with van der Waals surface area (Å²) in [6, 6.07) is 20.9. The number of piperidine rings is 2. The van der Waals surface area contributed by atoms with Crippen molar-refractivity contribution in [1.82, 2.24) is 30.3 Å². The number of ether oxygens (including phenoxy) is 1. The lowest BCUT2D eigenvalue weighted by Gasteiger charge is -2.63.